The zero-order valence-corrected chi connectivity index (χ0v) is 14.3. The van der Waals surface area contributed by atoms with Crippen molar-refractivity contribution in [3.05, 3.63) is 62.9 Å². The Balaban J connectivity index is 1.90. The van der Waals surface area contributed by atoms with Gasteiger partial charge in [-0.05, 0) is 12.1 Å². The van der Waals surface area contributed by atoms with Gasteiger partial charge in [-0.25, -0.2) is 9.36 Å². The van der Waals surface area contributed by atoms with Gasteiger partial charge in [0.25, 0.3) is 11.5 Å². The molecule has 8 nitrogen and oxygen atoms in total. The minimum absolute atomic E-state index is 0.216. The van der Waals surface area contributed by atoms with Gasteiger partial charge in [0.2, 0.25) is 0 Å². The fourth-order valence-corrected chi connectivity index (χ4v) is 3.28. The zero-order chi connectivity index (χ0) is 18.3. The number of nitrogens with one attached hydrogen (secondary N) is 1. The highest BCUT2D eigenvalue weighted by molar-refractivity contribution is 6.05. The third kappa shape index (κ3) is 2.55. The highest BCUT2D eigenvalue weighted by Crippen LogP contribution is 2.17. The summed E-state index contributed by atoms with van der Waals surface area (Å²) in [5.41, 5.74) is 0.312. The molecule has 1 amide bonds. The first-order valence-electron chi connectivity index (χ1n) is 8.34. The molecule has 0 bridgehead atoms. The zero-order valence-electron chi connectivity index (χ0n) is 14.3. The first-order chi connectivity index (χ1) is 12.6. The fraction of sp³-hybridized carbons (Fsp3) is 0.278. The summed E-state index contributed by atoms with van der Waals surface area (Å²) in [4.78, 5) is 42.7. The van der Waals surface area contributed by atoms with E-state index >= 15 is 0 Å². The van der Waals surface area contributed by atoms with Crippen LogP contribution in [0, 0.1) is 0 Å². The van der Waals surface area contributed by atoms with Crippen LogP contribution in [0.2, 0.25) is 0 Å². The Morgan fingerprint density at radius 2 is 1.81 bits per heavy atom. The second-order valence-electron chi connectivity index (χ2n) is 6.19. The molecule has 1 aliphatic rings. The molecule has 0 unspecified atom stereocenters. The lowest BCUT2D eigenvalue weighted by Crippen LogP contribution is -2.41. The first-order valence-corrected chi connectivity index (χ1v) is 8.34. The average molecular weight is 354 g/mol. The van der Waals surface area contributed by atoms with Crippen LogP contribution in [0.3, 0.4) is 0 Å². The lowest BCUT2D eigenvalue weighted by atomic mass is 10.2. The quantitative estimate of drug-likeness (QED) is 0.725. The van der Waals surface area contributed by atoms with Crippen LogP contribution in [-0.4, -0.2) is 51.2 Å². The molecular formula is C18H18N4O4. The molecule has 0 radical (unpaired) electrons. The van der Waals surface area contributed by atoms with Crippen molar-refractivity contribution in [2.75, 3.05) is 26.3 Å². The molecule has 0 spiro atoms. The van der Waals surface area contributed by atoms with Crippen molar-refractivity contribution in [3.8, 4) is 5.69 Å². The van der Waals surface area contributed by atoms with Gasteiger partial charge in [-0.15, -0.1) is 0 Å². The number of para-hydroxylation sites is 1. The average Bonchev–Trinajstić information content (AvgIpc) is 2.99. The SMILES string of the molecule is Cn1cc(C(=O)N2CCOCC2)c2[nH]c(=O)n(-c3ccccc3)c(=O)c21. The number of aromatic nitrogens is 3. The number of benzene rings is 1. The van der Waals surface area contributed by atoms with E-state index in [1.165, 1.54) is 0 Å². The van der Waals surface area contributed by atoms with Gasteiger partial charge in [-0.3, -0.25) is 9.59 Å². The van der Waals surface area contributed by atoms with Crippen molar-refractivity contribution in [2.45, 2.75) is 0 Å². The first kappa shape index (κ1) is 16.3. The molecule has 2 aromatic heterocycles. The molecule has 3 heterocycles. The van der Waals surface area contributed by atoms with Crippen LogP contribution in [0.5, 0.6) is 0 Å². The molecule has 0 atom stereocenters. The lowest BCUT2D eigenvalue weighted by molar-refractivity contribution is 0.0304. The fourth-order valence-electron chi connectivity index (χ4n) is 3.28. The van der Waals surface area contributed by atoms with E-state index in [1.807, 2.05) is 6.07 Å². The number of aryl methyl sites for hydroxylation is 1. The number of ether oxygens (including phenoxy) is 1. The van der Waals surface area contributed by atoms with Crippen LogP contribution in [0.15, 0.2) is 46.1 Å². The van der Waals surface area contributed by atoms with Crippen LogP contribution in [0.25, 0.3) is 16.7 Å². The highest BCUT2D eigenvalue weighted by atomic mass is 16.5. The normalized spacial score (nSPS) is 14.7. The topological polar surface area (TPSA) is 89.3 Å². The second kappa shape index (κ2) is 6.30. The number of morpholine rings is 1. The van der Waals surface area contributed by atoms with Gasteiger partial charge in [-0.2, -0.15) is 0 Å². The third-order valence-electron chi connectivity index (χ3n) is 4.57. The number of hydrogen-bond donors (Lipinski definition) is 1. The van der Waals surface area contributed by atoms with E-state index in [9.17, 15) is 14.4 Å². The van der Waals surface area contributed by atoms with Crippen molar-refractivity contribution in [3.63, 3.8) is 0 Å². The summed E-state index contributed by atoms with van der Waals surface area (Å²) in [5.74, 6) is -0.216. The van der Waals surface area contributed by atoms with Gasteiger partial charge < -0.3 is 19.2 Å². The summed E-state index contributed by atoms with van der Waals surface area (Å²) in [7, 11) is 1.69. The van der Waals surface area contributed by atoms with Crippen molar-refractivity contribution in [1.82, 2.24) is 19.0 Å². The van der Waals surface area contributed by atoms with Gasteiger partial charge in [0, 0.05) is 26.3 Å². The number of amides is 1. The summed E-state index contributed by atoms with van der Waals surface area (Å²) in [6.07, 6.45) is 1.59. The molecule has 8 heteroatoms. The second-order valence-corrected chi connectivity index (χ2v) is 6.19. The molecule has 0 saturated carbocycles. The van der Waals surface area contributed by atoms with Crippen LogP contribution in [-0.2, 0) is 11.8 Å². The van der Waals surface area contributed by atoms with E-state index in [0.29, 0.717) is 37.6 Å². The summed E-state index contributed by atoms with van der Waals surface area (Å²) in [6, 6.07) is 8.69. The predicted octanol–water partition coefficient (Wildman–Crippen LogP) is 0.490. The molecule has 1 saturated heterocycles. The maximum Gasteiger partial charge on any atom is 0.333 e. The number of rotatable bonds is 2. The number of aromatic amines is 1. The molecule has 1 fully saturated rings. The van der Waals surface area contributed by atoms with Gasteiger partial charge in [0.15, 0.2) is 0 Å². The van der Waals surface area contributed by atoms with Crippen molar-refractivity contribution < 1.29 is 9.53 Å². The summed E-state index contributed by atoms with van der Waals surface area (Å²) < 4.78 is 7.93. The number of nitrogens with zero attached hydrogens (tertiary/aromatic N) is 3. The Morgan fingerprint density at radius 3 is 2.50 bits per heavy atom. The molecular weight excluding hydrogens is 336 g/mol. The van der Waals surface area contributed by atoms with E-state index in [1.54, 1.807) is 47.0 Å². The van der Waals surface area contributed by atoms with E-state index in [-0.39, 0.29) is 16.9 Å². The van der Waals surface area contributed by atoms with Gasteiger partial charge >= 0.3 is 5.69 Å². The smallest absolute Gasteiger partial charge is 0.333 e. The Kier molecular flexibility index (Phi) is 3.96. The van der Waals surface area contributed by atoms with Crippen LogP contribution in [0.1, 0.15) is 10.4 Å². The number of fused-ring (bicyclic) bond motifs is 1. The summed E-state index contributed by atoms with van der Waals surface area (Å²) in [5, 5.41) is 0. The third-order valence-corrected chi connectivity index (χ3v) is 4.57. The Morgan fingerprint density at radius 1 is 1.12 bits per heavy atom. The van der Waals surface area contributed by atoms with E-state index in [4.69, 9.17) is 4.74 Å². The highest BCUT2D eigenvalue weighted by Gasteiger charge is 2.25. The minimum Gasteiger partial charge on any atom is -0.378 e. The number of carbonyl (C=O) groups is 1. The summed E-state index contributed by atoms with van der Waals surface area (Å²) in [6.45, 7) is 1.93. The predicted molar refractivity (Wildman–Crippen MR) is 95.9 cm³/mol. The largest absolute Gasteiger partial charge is 0.378 e. The van der Waals surface area contributed by atoms with Crippen molar-refractivity contribution in [2.24, 2.45) is 7.05 Å². The Labute approximate surface area is 148 Å². The molecule has 134 valence electrons. The van der Waals surface area contributed by atoms with Gasteiger partial charge in [-0.1, -0.05) is 18.2 Å². The van der Waals surface area contributed by atoms with Gasteiger partial charge in [0.1, 0.15) is 5.52 Å². The molecule has 26 heavy (non-hydrogen) atoms. The van der Waals surface area contributed by atoms with Crippen molar-refractivity contribution in [1.29, 1.82) is 0 Å². The van der Waals surface area contributed by atoms with E-state index in [2.05, 4.69) is 4.98 Å². The van der Waals surface area contributed by atoms with Crippen LogP contribution in [0.4, 0.5) is 0 Å². The standard InChI is InChI=1S/C18H18N4O4/c1-20-11-13(16(23)21-7-9-26-10-8-21)14-15(20)17(24)22(18(25)19-14)12-5-3-2-4-6-12/h2-6,11H,7-10H2,1H3,(H,19,25). The lowest BCUT2D eigenvalue weighted by Gasteiger charge is -2.26. The molecule has 3 aromatic rings. The maximum atomic E-state index is 13.0. The number of carbonyl (C=O) groups excluding carboxylic acids is 1. The molecule has 1 aromatic carbocycles. The van der Waals surface area contributed by atoms with Crippen LogP contribution < -0.4 is 11.2 Å². The van der Waals surface area contributed by atoms with E-state index in [0.717, 1.165) is 4.57 Å². The van der Waals surface area contributed by atoms with Crippen LogP contribution >= 0.6 is 0 Å². The monoisotopic (exact) mass is 354 g/mol. The summed E-state index contributed by atoms with van der Waals surface area (Å²) >= 11 is 0. The van der Waals surface area contributed by atoms with Gasteiger partial charge in [0.05, 0.1) is 30.0 Å². The Hall–Kier alpha value is -3.13. The molecule has 4 rings (SSSR count). The maximum absolute atomic E-state index is 13.0. The number of hydrogen-bond acceptors (Lipinski definition) is 4. The van der Waals surface area contributed by atoms with Crippen molar-refractivity contribution >= 4 is 16.9 Å². The molecule has 1 aliphatic heterocycles. The molecule has 1 N–H and O–H groups in total. The Bertz CT molecular complexity index is 1090. The molecule has 0 aliphatic carbocycles. The minimum atomic E-state index is -0.573. The number of H-pyrrole nitrogens is 1. The van der Waals surface area contributed by atoms with E-state index < -0.39 is 11.2 Å².